The second-order valence-corrected chi connectivity index (χ2v) is 11.9. The van der Waals surface area contributed by atoms with E-state index >= 15 is 0 Å². The predicted molar refractivity (Wildman–Crippen MR) is 153 cm³/mol. The van der Waals surface area contributed by atoms with E-state index in [1.807, 2.05) is 0 Å². The first-order valence-corrected chi connectivity index (χ1v) is 14.6. The quantitative estimate of drug-likeness (QED) is 0.543. The predicted octanol–water partition coefficient (Wildman–Crippen LogP) is 2.82. The van der Waals surface area contributed by atoms with Crippen molar-refractivity contribution in [2.75, 3.05) is 56.1 Å². The molecule has 3 heterocycles. The van der Waals surface area contributed by atoms with Crippen molar-refractivity contribution in [1.29, 1.82) is 0 Å². The summed E-state index contributed by atoms with van der Waals surface area (Å²) in [6.45, 7) is 9.53. The van der Waals surface area contributed by atoms with Gasteiger partial charge in [-0.3, -0.25) is 9.89 Å². The number of nitrogens with one attached hydrogen (secondary N) is 1. The van der Waals surface area contributed by atoms with Gasteiger partial charge in [-0.25, -0.2) is 17.9 Å². The monoisotopic (exact) mass is 537 g/mol. The number of benzene rings is 1. The summed E-state index contributed by atoms with van der Waals surface area (Å²) in [5.41, 5.74) is 5.15. The molecule has 10 heteroatoms. The number of sulfonamides is 1. The Labute approximate surface area is 224 Å². The first-order chi connectivity index (χ1) is 18.2. The Morgan fingerprint density at radius 3 is 2.71 bits per heavy atom. The molecular weight excluding hydrogens is 502 g/mol. The molecule has 2 aliphatic heterocycles. The zero-order chi connectivity index (χ0) is 26.9. The van der Waals surface area contributed by atoms with E-state index in [-0.39, 0.29) is 11.4 Å². The molecule has 202 valence electrons. The van der Waals surface area contributed by atoms with E-state index in [4.69, 9.17) is 4.42 Å². The van der Waals surface area contributed by atoms with Gasteiger partial charge in [-0.05, 0) is 56.2 Å². The normalized spacial score (nSPS) is 17.7. The van der Waals surface area contributed by atoms with Gasteiger partial charge in [0.1, 0.15) is 5.76 Å². The van der Waals surface area contributed by atoms with Crippen LogP contribution in [0.5, 0.6) is 0 Å². The summed E-state index contributed by atoms with van der Waals surface area (Å²) in [6, 6.07) is 6.58. The fraction of sp³-hybridized carbons (Fsp3) is 0.429. The van der Waals surface area contributed by atoms with Gasteiger partial charge in [0.15, 0.2) is 0 Å². The molecule has 1 aromatic heterocycles. The summed E-state index contributed by atoms with van der Waals surface area (Å²) in [5, 5.41) is 0. The summed E-state index contributed by atoms with van der Waals surface area (Å²) in [4.78, 5) is 23.4. The van der Waals surface area contributed by atoms with Crippen LogP contribution >= 0.6 is 0 Å². The summed E-state index contributed by atoms with van der Waals surface area (Å²) in [5.74, 6) is 0.456. The average Bonchev–Trinajstić information content (AvgIpc) is 3.12. The van der Waals surface area contributed by atoms with Crippen LogP contribution in [-0.2, 0) is 23.0 Å². The average molecular weight is 538 g/mol. The highest BCUT2D eigenvalue weighted by Crippen LogP contribution is 2.32. The smallest absolute Gasteiger partial charge is 0.343 e. The Balaban J connectivity index is 1.19. The first-order valence-electron chi connectivity index (χ1n) is 13.1. The SMILES string of the molecule is Cc1ccc(C)c(N2CCN(CCCNS(=O)(=O)C3=Cc4c(oc(=O)c5c4N(C)C=NC5)CC=C3)CC2)c1. The number of anilines is 2. The van der Waals surface area contributed by atoms with Crippen molar-refractivity contribution in [1.82, 2.24) is 9.62 Å². The largest absolute Gasteiger partial charge is 0.427 e. The number of allylic oxidation sites excluding steroid dienone is 2. The van der Waals surface area contributed by atoms with Gasteiger partial charge >= 0.3 is 5.63 Å². The number of piperazine rings is 1. The Morgan fingerprint density at radius 1 is 1.13 bits per heavy atom. The third-order valence-corrected chi connectivity index (χ3v) is 8.82. The third kappa shape index (κ3) is 5.48. The van der Waals surface area contributed by atoms with Crippen molar-refractivity contribution in [3.63, 3.8) is 0 Å². The maximum Gasteiger partial charge on any atom is 0.343 e. The Hall–Kier alpha value is -3.21. The second-order valence-electron chi connectivity index (χ2n) is 10.1. The fourth-order valence-corrected chi connectivity index (χ4v) is 6.41. The van der Waals surface area contributed by atoms with E-state index in [9.17, 15) is 13.2 Å². The highest BCUT2D eigenvalue weighted by atomic mass is 32.2. The Kier molecular flexibility index (Phi) is 7.56. The van der Waals surface area contributed by atoms with Crippen LogP contribution in [0, 0.1) is 13.8 Å². The first kappa shape index (κ1) is 26.4. The minimum Gasteiger partial charge on any atom is -0.427 e. The molecule has 2 aromatic rings. The van der Waals surface area contributed by atoms with Gasteiger partial charge in [0.2, 0.25) is 10.0 Å². The molecule has 0 saturated carbocycles. The molecule has 1 saturated heterocycles. The minimum atomic E-state index is -3.73. The van der Waals surface area contributed by atoms with Gasteiger partial charge in [-0.15, -0.1) is 0 Å². The lowest BCUT2D eigenvalue weighted by Crippen LogP contribution is -2.47. The van der Waals surface area contributed by atoms with E-state index in [1.165, 1.54) is 16.8 Å². The highest BCUT2D eigenvalue weighted by molar-refractivity contribution is 7.93. The molecule has 1 aliphatic carbocycles. The molecule has 0 radical (unpaired) electrons. The molecule has 9 nitrogen and oxygen atoms in total. The summed E-state index contributed by atoms with van der Waals surface area (Å²) in [6.07, 6.45) is 7.61. The minimum absolute atomic E-state index is 0.158. The topological polar surface area (TPSA) is 98.5 Å². The lowest BCUT2D eigenvalue weighted by atomic mass is 10.1. The number of aryl methyl sites for hydroxylation is 2. The fourth-order valence-electron chi connectivity index (χ4n) is 5.28. The zero-order valence-electron chi connectivity index (χ0n) is 22.2. The van der Waals surface area contributed by atoms with Crippen LogP contribution in [0.1, 0.15) is 34.4 Å². The Morgan fingerprint density at radius 2 is 1.92 bits per heavy atom. The number of hydrogen-bond acceptors (Lipinski definition) is 8. The van der Waals surface area contributed by atoms with Crippen LogP contribution in [0.25, 0.3) is 6.08 Å². The van der Waals surface area contributed by atoms with Crippen LogP contribution < -0.4 is 20.1 Å². The van der Waals surface area contributed by atoms with Crippen molar-refractivity contribution >= 4 is 33.8 Å². The van der Waals surface area contributed by atoms with E-state index in [1.54, 1.807) is 36.5 Å². The molecule has 1 aromatic carbocycles. The van der Waals surface area contributed by atoms with Gasteiger partial charge in [-0.1, -0.05) is 18.2 Å². The van der Waals surface area contributed by atoms with Crippen molar-refractivity contribution in [3.05, 3.63) is 73.7 Å². The summed E-state index contributed by atoms with van der Waals surface area (Å²) in [7, 11) is -1.94. The number of aliphatic imine (C=N–C) groups is 1. The van der Waals surface area contributed by atoms with E-state index in [2.05, 4.69) is 51.6 Å². The van der Waals surface area contributed by atoms with Gasteiger partial charge < -0.3 is 14.2 Å². The maximum atomic E-state index is 13.2. The number of fused-ring (bicyclic) bond motifs is 3. The van der Waals surface area contributed by atoms with E-state index in [0.717, 1.165) is 39.1 Å². The van der Waals surface area contributed by atoms with E-state index in [0.29, 0.717) is 35.5 Å². The lowest BCUT2D eigenvalue weighted by Gasteiger charge is -2.37. The Bertz CT molecular complexity index is 1470. The molecule has 1 fully saturated rings. The molecule has 0 unspecified atom stereocenters. The van der Waals surface area contributed by atoms with Gasteiger partial charge in [0.05, 0.1) is 29.0 Å². The number of hydrogen-bond donors (Lipinski definition) is 1. The summed E-state index contributed by atoms with van der Waals surface area (Å²) >= 11 is 0. The molecule has 3 aliphatic rings. The molecular formula is C28H35N5O4S. The van der Waals surface area contributed by atoms with Gasteiger partial charge in [0.25, 0.3) is 0 Å². The van der Waals surface area contributed by atoms with Crippen molar-refractivity contribution in [3.8, 4) is 0 Å². The second kappa shape index (κ2) is 10.9. The molecule has 38 heavy (non-hydrogen) atoms. The van der Waals surface area contributed by atoms with E-state index < -0.39 is 15.6 Å². The molecule has 0 atom stereocenters. The van der Waals surface area contributed by atoms with Crippen LogP contribution in [-0.4, -0.2) is 66.0 Å². The van der Waals surface area contributed by atoms with Gasteiger partial charge in [0, 0.05) is 57.4 Å². The van der Waals surface area contributed by atoms with Crippen LogP contribution in [0.4, 0.5) is 11.4 Å². The lowest BCUT2D eigenvalue weighted by molar-refractivity contribution is 0.255. The number of nitrogens with zero attached hydrogens (tertiary/aromatic N) is 4. The molecule has 1 N–H and O–H groups in total. The molecule has 5 rings (SSSR count). The van der Waals surface area contributed by atoms with Crippen LogP contribution in [0.15, 0.2) is 49.5 Å². The third-order valence-electron chi connectivity index (χ3n) is 7.36. The van der Waals surface area contributed by atoms with Crippen molar-refractivity contribution < 1.29 is 12.8 Å². The number of rotatable bonds is 7. The molecule has 0 spiro atoms. The van der Waals surface area contributed by atoms with Crippen LogP contribution in [0.2, 0.25) is 0 Å². The summed E-state index contributed by atoms with van der Waals surface area (Å²) < 4.78 is 34.7. The standard InChI is InChI=1S/C28H35N5O4S/c1-20-8-9-21(2)25(16-20)33-14-12-32(13-15-33)11-5-10-30-38(35,36)22-6-4-7-26-23(17-22)27-24(28(34)37-26)18-29-19-31(27)3/h4,6,8-9,16-17,19,30H,5,7,10-15,18H2,1-3H3. The van der Waals surface area contributed by atoms with Gasteiger partial charge in [-0.2, -0.15) is 0 Å². The molecule has 0 bridgehead atoms. The highest BCUT2D eigenvalue weighted by Gasteiger charge is 2.26. The molecule has 0 amide bonds. The van der Waals surface area contributed by atoms with Crippen molar-refractivity contribution in [2.24, 2.45) is 4.99 Å². The maximum absolute atomic E-state index is 13.2. The van der Waals surface area contributed by atoms with Crippen molar-refractivity contribution in [2.45, 2.75) is 33.2 Å². The zero-order valence-corrected chi connectivity index (χ0v) is 23.1. The van der Waals surface area contributed by atoms with Crippen LogP contribution in [0.3, 0.4) is 0 Å².